The van der Waals surface area contributed by atoms with E-state index in [-0.39, 0.29) is 23.6 Å². The third-order valence-corrected chi connectivity index (χ3v) is 7.47. The molecular formula is C23H30N2O4S. The van der Waals surface area contributed by atoms with Gasteiger partial charge in [0, 0.05) is 19.0 Å². The normalized spacial score (nSPS) is 16.8. The second-order valence-electron chi connectivity index (χ2n) is 7.92. The van der Waals surface area contributed by atoms with E-state index in [4.69, 9.17) is 4.74 Å². The first-order valence-corrected chi connectivity index (χ1v) is 11.9. The minimum absolute atomic E-state index is 0.0000464. The Hall–Kier alpha value is -2.38. The first-order chi connectivity index (χ1) is 14.3. The SMILES string of the molecule is COc1ccc([C@@H](C)NC(=O)C2CCN(S(=O)(=O)Cc3cccc(C)c3)CC2)cc1. The third-order valence-electron chi connectivity index (χ3n) is 5.62. The molecule has 1 heterocycles. The average Bonchev–Trinajstić information content (AvgIpc) is 2.73. The molecule has 0 unspecified atom stereocenters. The van der Waals surface area contributed by atoms with Crippen LogP contribution in [0.3, 0.4) is 0 Å². The van der Waals surface area contributed by atoms with Gasteiger partial charge in [-0.25, -0.2) is 12.7 Å². The number of sulfonamides is 1. The van der Waals surface area contributed by atoms with Crippen molar-refractivity contribution in [3.05, 3.63) is 65.2 Å². The molecule has 30 heavy (non-hydrogen) atoms. The maximum Gasteiger partial charge on any atom is 0.223 e. The van der Waals surface area contributed by atoms with Crippen LogP contribution in [0.2, 0.25) is 0 Å². The lowest BCUT2D eigenvalue weighted by atomic mass is 9.96. The minimum Gasteiger partial charge on any atom is -0.497 e. The van der Waals surface area contributed by atoms with E-state index < -0.39 is 10.0 Å². The molecule has 1 N–H and O–H groups in total. The van der Waals surface area contributed by atoms with Gasteiger partial charge in [0.15, 0.2) is 0 Å². The fourth-order valence-electron chi connectivity index (χ4n) is 3.81. The summed E-state index contributed by atoms with van der Waals surface area (Å²) < 4.78 is 32.2. The quantitative estimate of drug-likeness (QED) is 0.730. The molecule has 1 fully saturated rings. The lowest BCUT2D eigenvalue weighted by molar-refractivity contribution is -0.126. The monoisotopic (exact) mass is 430 g/mol. The number of ether oxygens (including phenoxy) is 1. The number of hydrogen-bond donors (Lipinski definition) is 1. The van der Waals surface area contributed by atoms with Gasteiger partial charge in [-0.15, -0.1) is 0 Å². The molecule has 0 bridgehead atoms. The number of amides is 1. The lowest BCUT2D eigenvalue weighted by Gasteiger charge is -2.31. The Labute approximate surface area is 179 Å². The van der Waals surface area contributed by atoms with Gasteiger partial charge in [-0.1, -0.05) is 42.0 Å². The van der Waals surface area contributed by atoms with Crippen LogP contribution in [0.25, 0.3) is 0 Å². The van der Waals surface area contributed by atoms with Crippen LogP contribution in [0, 0.1) is 12.8 Å². The summed E-state index contributed by atoms with van der Waals surface area (Å²) >= 11 is 0. The summed E-state index contributed by atoms with van der Waals surface area (Å²) in [6.45, 7) is 4.65. The van der Waals surface area contributed by atoms with Crippen LogP contribution in [0.5, 0.6) is 5.75 Å². The summed E-state index contributed by atoms with van der Waals surface area (Å²) in [4.78, 5) is 12.7. The Morgan fingerprint density at radius 2 is 1.83 bits per heavy atom. The van der Waals surface area contributed by atoms with Crippen LogP contribution in [-0.2, 0) is 20.6 Å². The summed E-state index contributed by atoms with van der Waals surface area (Å²) in [5.41, 5.74) is 2.84. The number of nitrogens with zero attached hydrogens (tertiary/aromatic N) is 1. The minimum atomic E-state index is -3.39. The van der Waals surface area contributed by atoms with Gasteiger partial charge in [0.25, 0.3) is 0 Å². The highest BCUT2D eigenvalue weighted by Crippen LogP contribution is 2.24. The number of carbonyl (C=O) groups excluding carboxylic acids is 1. The van der Waals surface area contributed by atoms with Crippen molar-refractivity contribution in [3.63, 3.8) is 0 Å². The second kappa shape index (κ2) is 9.62. The summed E-state index contributed by atoms with van der Waals surface area (Å²) in [6.07, 6.45) is 1.07. The topological polar surface area (TPSA) is 75.7 Å². The first-order valence-electron chi connectivity index (χ1n) is 10.3. The molecule has 1 aliphatic rings. The number of benzene rings is 2. The van der Waals surface area contributed by atoms with Gasteiger partial charge >= 0.3 is 0 Å². The van der Waals surface area contributed by atoms with E-state index in [0.29, 0.717) is 25.9 Å². The zero-order chi connectivity index (χ0) is 21.7. The van der Waals surface area contributed by atoms with Crippen LogP contribution < -0.4 is 10.1 Å². The largest absolute Gasteiger partial charge is 0.497 e. The first kappa shape index (κ1) is 22.3. The molecule has 3 rings (SSSR count). The van der Waals surface area contributed by atoms with E-state index in [1.54, 1.807) is 7.11 Å². The van der Waals surface area contributed by atoms with Gasteiger partial charge in [0.05, 0.1) is 18.9 Å². The van der Waals surface area contributed by atoms with Crippen molar-refractivity contribution in [2.45, 2.75) is 38.5 Å². The molecule has 0 radical (unpaired) electrons. The predicted octanol–water partition coefficient (Wildman–Crippen LogP) is 3.42. The Balaban J connectivity index is 1.53. The number of aryl methyl sites for hydroxylation is 1. The fraction of sp³-hybridized carbons (Fsp3) is 0.435. The molecule has 0 aromatic heterocycles. The van der Waals surface area contributed by atoms with Gasteiger partial charge in [-0.2, -0.15) is 0 Å². The van der Waals surface area contributed by atoms with Crippen LogP contribution in [0.4, 0.5) is 0 Å². The molecule has 1 saturated heterocycles. The zero-order valence-corrected chi connectivity index (χ0v) is 18.6. The van der Waals surface area contributed by atoms with Gasteiger partial charge in [0.2, 0.25) is 15.9 Å². The maximum atomic E-state index is 12.8. The number of carbonyl (C=O) groups is 1. The summed E-state index contributed by atoms with van der Waals surface area (Å²) in [5.74, 6) is 0.585. The van der Waals surface area contributed by atoms with Crippen molar-refractivity contribution >= 4 is 15.9 Å². The fourth-order valence-corrected chi connectivity index (χ4v) is 5.36. The number of rotatable bonds is 7. The van der Waals surface area contributed by atoms with E-state index in [0.717, 1.165) is 22.4 Å². The van der Waals surface area contributed by atoms with Gasteiger partial charge in [-0.05, 0) is 49.9 Å². The molecule has 1 amide bonds. The van der Waals surface area contributed by atoms with E-state index in [1.807, 2.05) is 62.4 Å². The molecular weight excluding hydrogens is 400 g/mol. The van der Waals surface area contributed by atoms with E-state index >= 15 is 0 Å². The molecule has 2 aromatic rings. The summed E-state index contributed by atoms with van der Waals surface area (Å²) in [7, 11) is -1.77. The smallest absolute Gasteiger partial charge is 0.223 e. The molecule has 7 heteroatoms. The molecule has 0 saturated carbocycles. The van der Waals surface area contributed by atoms with Crippen LogP contribution in [-0.4, -0.2) is 38.8 Å². The Morgan fingerprint density at radius 1 is 1.17 bits per heavy atom. The second-order valence-corrected chi connectivity index (χ2v) is 9.89. The molecule has 162 valence electrons. The van der Waals surface area contributed by atoms with Gasteiger partial charge in [0.1, 0.15) is 5.75 Å². The van der Waals surface area contributed by atoms with Crippen LogP contribution in [0.15, 0.2) is 48.5 Å². The van der Waals surface area contributed by atoms with Crippen molar-refractivity contribution < 1.29 is 17.9 Å². The van der Waals surface area contributed by atoms with Crippen molar-refractivity contribution in [1.29, 1.82) is 0 Å². The molecule has 6 nitrogen and oxygen atoms in total. The van der Waals surface area contributed by atoms with Crippen molar-refractivity contribution in [1.82, 2.24) is 9.62 Å². The Morgan fingerprint density at radius 3 is 2.43 bits per heavy atom. The van der Waals surface area contributed by atoms with Crippen LogP contribution in [0.1, 0.15) is 42.5 Å². The molecule has 2 aromatic carbocycles. The highest BCUT2D eigenvalue weighted by molar-refractivity contribution is 7.88. The van der Waals surface area contributed by atoms with Crippen LogP contribution >= 0.6 is 0 Å². The average molecular weight is 431 g/mol. The van der Waals surface area contributed by atoms with E-state index in [1.165, 1.54) is 4.31 Å². The number of piperidine rings is 1. The molecule has 1 aliphatic heterocycles. The number of nitrogens with one attached hydrogen (secondary N) is 1. The lowest BCUT2D eigenvalue weighted by Crippen LogP contribution is -2.43. The van der Waals surface area contributed by atoms with Crippen molar-refractivity contribution in [2.75, 3.05) is 20.2 Å². The van der Waals surface area contributed by atoms with Gasteiger partial charge in [-0.3, -0.25) is 4.79 Å². The van der Waals surface area contributed by atoms with E-state index in [2.05, 4.69) is 5.32 Å². The maximum absolute atomic E-state index is 12.8. The number of hydrogen-bond acceptors (Lipinski definition) is 4. The predicted molar refractivity (Wildman–Crippen MR) is 118 cm³/mol. The molecule has 1 atom stereocenters. The molecule has 0 aliphatic carbocycles. The Bertz CT molecular complexity index is 965. The standard InChI is InChI=1S/C23H30N2O4S/c1-17-5-4-6-19(15-17)16-30(27,28)25-13-11-21(12-14-25)23(26)24-18(2)20-7-9-22(29-3)10-8-20/h4-10,15,18,21H,11-14,16H2,1-3H3,(H,24,26)/t18-/m1/s1. The summed E-state index contributed by atoms with van der Waals surface area (Å²) in [5, 5.41) is 3.06. The van der Waals surface area contributed by atoms with Gasteiger partial charge < -0.3 is 10.1 Å². The highest BCUT2D eigenvalue weighted by atomic mass is 32.2. The molecule has 0 spiro atoms. The Kier molecular flexibility index (Phi) is 7.15. The summed E-state index contributed by atoms with van der Waals surface area (Å²) in [6, 6.07) is 15.1. The third kappa shape index (κ3) is 5.61. The number of methoxy groups -OCH3 is 1. The van der Waals surface area contributed by atoms with Crippen molar-refractivity contribution in [2.24, 2.45) is 5.92 Å². The van der Waals surface area contributed by atoms with E-state index in [9.17, 15) is 13.2 Å². The van der Waals surface area contributed by atoms with Crippen molar-refractivity contribution in [3.8, 4) is 5.75 Å². The zero-order valence-electron chi connectivity index (χ0n) is 17.8. The highest BCUT2D eigenvalue weighted by Gasteiger charge is 2.31.